The second kappa shape index (κ2) is 8.12. The van der Waals surface area contributed by atoms with Crippen LogP contribution in [0, 0.1) is 6.92 Å². The number of imidazole rings is 1. The molecule has 3 rings (SSSR count). The first-order valence-electron chi connectivity index (χ1n) is 7.36. The SMILES string of the molecule is Cc1cnc(C(=O)N(C)Cc2ccc3nsnc3c2)[nH]1.O=C(O)C(F)(F)F. The zero-order valence-corrected chi connectivity index (χ0v) is 14.9. The van der Waals surface area contributed by atoms with E-state index in [1.807, 2.05) is 25.1 Å². The molecule has 8 nitrogen and oxygen atoms in total. The number of rotatable bonds is 3. The Morgan fingerprint density at radius 3 is 2.44 bits per heavy atom. The number of H-pyrrole nitrogens is 1. The topological polar surface area (TPSA) is 112 Å². The standard InChI is InChI=1S/C13H13N5OS.C2HF3O2/c1-8-6-14-12(15-8)13(19)18(2)7-9-3-4-10-11(5-9)17-20-16-10;3-2(4,5)1(6)7/h3-6H,7H2,1-2H3,(H,14,15);(H,6,7). The minimum absolute atomic E-state index is 0.130. The summed E-state index contributed by atoms with van der Waals surface area (Å²) in [5.41, 5.74) is 3.64. The lowest BCUT2D eigenvalue weighted by Gasteiger charge is -2.15. The summed E-state index contributed by atoms with van der Waals surface area (Å²) in [6.45, 7) is 2.37. The van der Waals surface area contributed by atoms with Crippen molar-refractivity contribution in [3.05, 3.63) is 41.5 Å². The summed E-state index contributed by atoms with van der Waals surface area (Å²) in [5, 5.41) is 7.12. The molecule has 27 heavy (non-hydrogen) atoms. The molecule has 0 atom stereocenters. The molecule has 1 amide bonds. The van der Waals surface area contributed by atoms with Crippen molar-refractivity contribution in [3.63, 3.8) is 0 Å². The third-order valence-electron chi connectivity index (χ3n) is 3.23. The van der Waals surface area contributed by atoms with Crippen molar-refractivity contribution >= 4 is 34.6 Å². The Labute approximate surface area is 155 Å². The highest BCUT2D eigenvalue weighted by Crippen LogP contribution is 2.15. The highest BCUT2D eigenvalue weighted by atomic mass is 32.1. The van der Waals surface area contributed by atoms with Crippen LogP contribution in [0.5, 0.6) is 0 Å². The number of carbonyl (C=O) groups is 2. The first kappa shape index (κ1) is 20.3. The number of aromatic nitrogens is 4. The molecule has 0 aliphatic carbocycles. The van der Waals surface area contributed by atoms with Gasteiger partial charge in [0.25, 0.3) is 5.91 Å². The Kier molecular flexibility index (Phi) is 6.10. The van der Waals surface area contributed by atoms with Gasteiger partial charge in [0.05, 0.1) is 11.7 Å². The molecule has 0 fully saturated rings. The number of carboxylic acids is 1. The van der Waals surface area contributed by atoms with E-state index in [9.17, 15) is 18.0 Å². The third-order valence-corrected chi connectivity index (χ3v) is 3.79. The number of aromatic amines is 1. The maximum absolute atomic E-state index is 12.2. The Morgan fingerprint density at radius 2 is 1.89 bits per heavy atom. The number of halogens is 3. The van der Waals surface area contributed by atoms with Crippen LogP contribution in [0.3, 0.4) is 0 Å². The zero-order chi connectivity index (χ0) is 20.2. The van der Waals surface area contributed by atoms with Crippen LogP contribution in [-0.4, -0.2) is 53.8 Å². The quantitative estimate of drug-likeness (QED) is 0.698. The molecule has 0 radical (unpaired) electrons. The van der Waals surface area contributed by atoms with E-state index in [2.05, 4.69) is 18.7 Å². The second-order valence-corrected chi connectivity index (χ2v) is 5.99. The van der Waals surface area contributed by atoms with Crippen molar-refractivity contribution in [2.24, 2.45) is 0 Å². The highest BCUT2D eigenvalue weighted by molar-refractivity contribution is 7.00. The summed E-state index contributed by atoms with van der Waals surface area (Å²) in [4.78, 5) is 29.7. The van der Waals surface area contributed by atoms with Gasteiger partial charge in [-0.25, -0.2) is 9.78 Å². The highest BCUT2D eigenvalue weighted by Gasteiger charge is 2.38. The van der Waals surface area contributed by atoms with Gasteiger partial charge in [0.1, 0.15) is 11.0 Å². The molecule has 0 saturated heterocycles. The van der Waals surface area contributed by atoms with Gasteiger partial charge in [0.2, 0.25) is 0 Å². The molecule has 0 saturated carbocycles. The Hall–Kier alpha value is -3.02. The molecule has 3 aromatic rings. The molecular formula is C15H14F3N5O3S. The average molecular weight is 401 g/mol. The number of hydrogen-bond acceptors (Lipinski definition) is 6. The first-order chi connectivity index (χ1) is 12.6. The predicted molar refractivity (Wildman–Crippen MR) is 90.2 cm³/mol. The van der Waals surface area contributed by atoms with Gasteiger partial charge in [-0.05, 0) is 24.6 Å². The summed E-state index contributed by atoms with van der Waals surface area (Å²) in [7, 11) is 1.75. The van der Waals surface area contributed by atoms with Crippen LogP contribution in [0.1, 0.15) is 21.9 Å². The van der Waals surface area contributed by atoms with Crippen molar-refractivity contribution in [1.82, 2.24) is 23.6 Å². The largest absolute Gasteiger partial charge is 0.490 e. The molecule has 0 aliphatic rings. The fourth-order valence-corrected chi connectivity index (χ4v) is 2.49. The van der Waals surface area contributed by atoms with Gasteiger partial charge < -0.3 is 15.0 Å². The number of benzene rings is 1. The fourth-order valence-electron chi connectivity index (χ4n) is 1.97. The number of hydrogen-bond donors (Lipinski definition) is 2. The lowest BCUT2D eigenvalue weighted by Crippen LogP contribution is -2.27. The summed E-state index contributed by atoms with van der Waals surface area (Å²) >= 11 is 1.19. The number of aliphatic carboxylic acids is 1. The Bertz CT molecular complexity index is 953. The molecule has 144 valence electrons. The molecule has 0 aliphatic heterocycles. The number of nitrogens with zero attached hydrogens (tertiary/aromatic N) is 4. The van der Waals surface area contributed by atoms with E-state index in [-0.39, 0.29) is 5.91 Å². The number of carboxylic acid groups (broad SMARTS) is 1. The molecule has 2 aromatic heterocycles. The summed E-state index contributed by atoms with van der Waals surface area (Å²) < 4.78 is 40.1. The molecule has 0 unspecified atom stereocenters. The van der Waals surface area contributed by atoms with Crippen molar-refractivity contribution in [1.29, 1.82) is 0 Å². The van der Waals surface area contributed by atoms with Gasteiger partial charge in [0.15, 0.2) is 5.82 Å². The number of carbonyl (C=O) groups excluding carboxylic acids is 1. The van der Waals surface area contributed by atoms with E-state index in [0.717, 1.165) is 22.3 Å². The number of aryl methyl sites for hydroxylation is 1. The summed E-state index contributed by atoms with van der Waals surface area (Å²) in [6, 6.07) is 5.83. The van der Waals surface area contributed by atoms with Crippen LogP contribution >= 0.6 is 11.7 Å². The van der Waals surface area contributed by atoms with Crippen LogP contribution in [-0.2, 0) is 11.3 Å². The van der Waals surface area contributed by atoms with Crippen molar-refractivity contribution in [2.45, 2.75) is 19.6 Å². The van der Waals surface area contributed by atoms with Gasteiger partial charge in [-0.3, -0.25) is 4.79 Å². The van der Waals surface area contributed by atoms with Gasteiger partial charge in [0, 0.05) is 25.5 Å². The van der Waals surface area contributed by atoms with Gasteiger partial charge in [-0.15, -0.1) is 0 Å². The molecule has 0 bridgehead atoms. The minimum atomic E-state index is -5.08. The summed E-state index contributed by atoms with van der Waals surface area (Å²) in [6.07, 6.45) is -3.44. The summed E-state index contributed by atoms with van der Waals surface area (Å²) in [5.74, 6) is -2.52. The fraction of sp³-hybridized carbons (Fsp3) is 0.267. The van der Waals surface area contributed by atoms with E-state index in [0.29, 0.717) is 12.4 Å². The lowest BCUT2D eigenvalue weighted by molar-refractivity contribution is -0.192. The molecule has 2 heterocycles. The maximum atomic E-state index is 12.2. The van der Waals surface area contributed by atoms with Crippen LogP contribution in [0.2, 0.25) is 0 Å². The van der Waals surface area contributed by atoms with Crippen LogP contribution in [0.4, 0.5) is 13.2 Å². The Balaban J connectivity index is 0.000000321. The zero-order valence-electron chi connectivity index (χ0n) is 14.1. The first-order valence-corrected chi connectivity index (χ1v) is 8.09. The normalized spacial score (nSPS) is 11.0. The average Bonchev–Trinajstić information content (AvgIpc) is 3.22. The van der Waals surface area contributed by atoms with E-state index >= 15 is 0 Å². The van der Waals surface area contributed by atoms with E-state index in [4.69, 9.17) is 9.90 Å². The van der Waals surface area contributed by atoms with Crippen LogP contribution in [0.15, 0.2) is 24.4 Å². The van der Waals surface area contributed by atoms with Crippen molar-refractivity contribution in [2.75, 3.05) is 7.05 Å². The van der Waals surface area contributed by atoms with Crippen LogP contribution in [0.25, 0.3) is 11.0 Å². The number of alkyl halides is 3. The molecule has 2 N–H and O–H groups in total. The molecule has 12 heteroatoms. The van der Waals surface area contributed by atoms with Crippen molar-refractivity contribution < 1.29 is 27.9 Å². The number of nitrogens with one attached hydrogen (secondary N) is 1. The third kappa shape index (κ3) is 5.48. The maximum Gasteiger partial charge on any atom is 0.490 e. The van der Waals surface area contributed by atoms with E-state index < -0.39 is 12.1 Å². The van der Waals surface area contributed by atoms with Gasteiger partial charge >= 0.3 is 12.1 Å². The van der Waals surface area contributed by atoms with E-state index in [1.54, 1.807) is 18.1 Å². The van der Waals surface area contributed by atoms with Crippen LogP contribution < -0.4 is 0 Å². The number of fused-ring (bicyclic) bond motifs is 1. The van der Waals surface area contributed by atoms with Gasteiger partial charge in [-0.2, -0.15) is 21.9 Å². The number of amides is 1. The monoisotopic (exact) mass is 401 g/mol. The smallest absolute Gasteiger partial charge is 0.475 e. The lowest BCUT2D eigenvalue weighted by atomic mass is 10.2. The molecule has 1 aromatic carbocycles. The van der Waals surface area contributed by atoms with E-state index in [1.165, 1.54) is 11.7 Å². The second-order valence-electron chi connectivity index (χ2n) is 5.47. The molecule has 0 spiro atoms. The van der Waals surface area contributed by atoms with Crippen molar-refractivity contribution in [3.8, 4) is 0 Å². The predicted octanol–water partition coefficient (Wildman–Crippen LogP) is 2.63. The minimum Gasteiger partial charge on any atom is -0.475 e. The van der Waals surface area contributed by atoms with Gasteiger partial charge in [-0.1, -0.05) is 6.07 Å². The Morgan fingerprint density at radius 1 is 1.26 bits per heavy atom. The molecular weight excluding hydrogens is 387 g/mol.